The van der Waals surface area contributed by atoms with Crippen molar-refractivity contribution in [1.82, 2.24) is 0 Å². The van der Waals surface area contributed by atoms with E-state index in [1.807, 2.05) is 0 Å². The van der Waals surface area contributed by atoms with E-state index in [0.29, 0.717) is 11.3 Å². The summed E-state index contributed by atoms with van der Waals surface area (Å²) in [5, 5.41) is 0. The van der Waals surface area contributed by atoms with E-state index in [9.17, 15) is 18.0 Å². The molecule has 1 atom stereocenters. The van der Waals surface area contributed by atoms with E-state index in [2.05, 4.69) is 0 Å². The number of benzene rings is 1. The van der Waals surface area contributed by atoms with Gasteiger partial charge in [-0.15, -0.1) is 0 Å². The third-order valence-corrected chi connectivity index (χ3v) is 3.24. The number of ketones is 1. The number of Topliss-reactive ketones (excluding diaryl/α,β-unsaturated/α-hetero) is 1. The summed E-state index contributed by atoms with van der Waals surface area (Å²) < 4.78 is 42.1. The molecule has 2 rings (SSSR count). The van der Waals surface area contributed by atoms with E-state index in [0.717, 1.165) is 0 Å². The zero-order chi connectivity index (χ0) is 14.1. The fraction of sp³-hybridized carbons (Fsp3) is 0.500. The molecule has 0 aliphatic carbocycles. The molecule has 0 N–H and O–H groups in total. The van der Waals surface area contributed by atoms with Crippen LogP contribution in [0.25, 0.3) is 0 Å². The molecule has 1 unspecified atom stereocenters. The van der Waals surface area contributed by atoms with E-state index < -0.39 is 18.2 Å². The second-order valence-electron chi connectivity index (χ2n) is 5.12. The summed E-state index contributed by atoms with van der Waals surface area (Å²) in [6.07, 6.45) is -4.70. The van der Waals surface area contributed by atoms with E-state index in [4.69, 9.17) is 4.74 Å². The van der Waals surface area contributed by atoms with Crippen LogP contribution in [0.4, 0.5) is 13.2 Å². The lowest BCUT2D eigenvalue weighted by Gasteiger charge is -2.35. The fourth-order valence-electron chi connectivity index (χ4n) is 2.32. The average Bonchev–Trinajstić information content (AvgIpc) is 2.26. The number of alkyl halides is 3. The zero-order valence-corrected chi connectivity index (χ0v) is 10.6. The third kappa shape index (κ3) is 3.49. The molecule has 19 heavy (non-hydrogen) atoms. The molecule has 5 heteroatoms. The van der Waals surface area contributed by atoms with Crippen molar-refractivity contribution >= 4 is 5.78 Å². The average molecular weight is 272 g/mol. The molecule has 0 fully saturated rings. The first kappa shape index (κ1) is 13.9. The van der Waals surface area contributed by atoms with Crippen molar-refractivity contribution in [3.63, 3.8) is 0 Å². The second kappa shape index (κ2) is 4.87. The van der Waals surface area contributed by atoms with Crippen LogP contribution >= 0.6 is 0 Å². The highest BCUT2D eigenvalue weighted by Crippen LogP contribution is 2.36. The Kier molecular flexibility index (Phi) is 3.56. The van der Waals surface area contributed by atoms with Crippen LogP contribution in [0.5, 0.6) is 5.75 Å². The van der Waals surface area contributed by atoms with Crippen LogP contribution in [-0.2, 0) is 0 Å². The molecule has 0 radical (unpaired) electrons. The smallest absolute Gasteiger partial charge is 0.389 e. The van der Waals surface area contributed by atoms with Crippen LogP contribution in [0.15, 0.2) is 24.3 Å². The van der Waals surface area contributed by atoms with Gasteiger partial charge in [-0.1, -0.05) is 12.1 Å². The van der Waals surface area contributed by atoms with Crippen LogP contribution in [0.1, 0.15) is 43.0 Å². The predicted molar refractivity (Wildman–Crippen MR) is 64.3 cm³/mol. The fourth-order valence-corrected chi connectivity index (χ4v) is 2.32. The number of carbonyl (C=O) groups excluding carboxylic acids is 1. The van der Waals surface area contributed by atoms with Gasteiger partial charge in [0.1, 0.15) is 11.4 Å². The van der Waals surface area contributed by atoms with Gasteiger partial charge in [0.15, 0.2) is 5.78 Å². The van der Waals surface area contributed by atoms with Gasteiger partial charge < -0.3 is 4.74 Å². The number of fused-ring (bicyclic) bond motifs is 1. The number of carbonyl (C=O) groups is 1. The SMILES string of the molecule is CC1(CCCC(F)(F)F)CC(=O)c2ccccc2O1. The van der Waals surface area contributed by atoms with Crippen LogP contribution < -0.4 is 4.74 Å². The highest BCUT2D eigenvalue weighted by atomic mass is 19.4. The Morgan fingerprint density at radius 2 is 2.00 bits per heavy atom. The highest BCUT2D eigenvalue weighted by molar-refractivity contribution is 6.00. The first-order valence-corrected chi connectivity index (χ1v) is 6.17. The summed E-state index contributed by atoms with van der Waals surface area (Å²) in [6, 6.07) is 6.83. The minimum Gasteiger partial charge on any atom is -0.486 e. The summed E-state index contributed by atoms with van der Waals surface area (Å²) in [4.78, 5) is 12.0. The maximum atomic E-state index is 12.1. The summed E-state index contributed by atoms with van der Waals surface area (Å²) in [5.74, 6) is 0.393. The van der Waals surface area contributed by atoms with Gasteiger partial charge in [-0.25, -0.2) is 0 Å². The van der Waals surface area contributed by atoms with Crippen LogP contribution in [0.2, 0.25) is 0 Å². The first-order valence-electron chi connectivity index (χ1n) is 6.17. The third-order valence-electron chi connectivity index (χ3n) is 3.24. The highest BCUT2D eigenvalue weighted by Gasteiger charge is 2.37. The minimum absolute atomic E-state index is 0.0323. The molecule has 104 valence electrons. The molecule has 0 saturated heterocycles. The molecule has 0 amide bonds. The molecule has 1 aromatic carbocycles. The standard InChI is InChI=1S/C14H15F3O2/c1-13(7-4-8-14(15,16)17)9-11(18)10-5-2-3-6-12(10)19-13/h2-3,5-6H,4,7-9H2,1H3. The van der Waals surface area contributed by atoms with Gasteiger partial charge in [0.2, 0.25) is 0 Å². The number of hydrogen-bond donors (Lipinski definition) is 0. The number of rotatable bonds is 3. The summed E-state index contributed by atoms with van der Waals surface area (Å²) in [5.41, 5.74) is -0.327. The number of para-hydroxylation sites is 1. The molecule has 1 aromatic rings. The molecule has 0 spiro atoms. The molecule has 0 aromatic heterocycles. The van der Waals surface area contributed by atoms with Gasteiger partial charge in [0.05, 0.1) is 12.0 Å². The van der Waals surface area contributed by atoms with Crippen molar-refractivity contribution in [3.8, 4) is 5.75 Å². The van der Waals surface area contributed by atoms with Crippen LogP contribution in [0, 0.1) is 0 Å². The van der Waals surface area contributed by atoms with Crippen LogP contribution in [0.3, 0.4) is 0 Å². The Labute approximate surface area is 109 Å². The molecule has 0 bridgehead atoms. The number of halogens is 3. The summed E-state index contributed by atoms with van der Waals surface area (Å²) in [7, 11) is 0. The van der Waals surface area contributed by atoms with Crippen molar-refractivity contribution in [2.75, 3.05) is 0 Å². The van der Waals surface area contributed by atoms with Crippen molar-refractivity contribution in [1.29, 1.82) is 0 Å². The van der Waals surface area contributed by atoms with Crippen molar-refractivity contribution in [2.45, 2.75) is 44.4 Å². The molecule has 2 nitrogen and oxygen atoms in total. The molecular formula is C14H15F3O2. The Morgan fingerprint density at radius 1 is 1.32 bits per heavy atom. The van der Waals surface area contributed by atoms with Crippen molar-refractivity contribution < 1.29 is 22.7 Å². The molecule has 1 aliphatic rings. The minimum atomic E-state index is -4.16. The Bertz CT molecular complexity index is 482. The lowest BCUT2D eigenvalue weighted by molar-refractivity contribution is -0.137. The lowest BCUT2D eigenvalue weighted by Crippen LogP contribution is -2.39. The lowest BCUT2D eigenvalue weighted by atomic mass is 9.87. The molecule has 1 heterocycles. The van der Waals surface area contributed by atoms with E-state index in [1.165, 1.54) is 0 Å². The summed E-state index contributed by atoms with van der Waals surface area (Å²) >= 11 is 0. The van der Waals surface area contributed by atoms with Gasteiger partial charge in [0.25, 0.3) is 0 Å². The predicted octanol–water partition coefficient (Wildman–Crippen LogP) is 4.14. The second-order valence-corrected chi connectivity index (χ2v) is 5.12. The molecule has 1 aliphatic heterocycles. The monoisotopic (exact) mass is 272 g/mol. The quantitative estimate of drug-likeness (QED) is 0.826. The summed E-state index contributed by atoms with van der Waals surface area (Å²) in [6.45, 7) is 1.69. The molecular weight excluding hydrogens is 257 g/mol. The molecule has 0 saturated carbocycles. The van der Waals surface area contributed by atoms with Crippen molar-refractivity contribution in [2.24, 2.45) is 0 Å². The first-order chi connectivity index (χ1) is 8.79. The van der Waals surface area contributed by atoms with Gasteiger partial charge in [-0.3, -0.25) is 4.79 Å². The maximum absolute atomic E-state index is 12.1. The topological polar surface area (TPSA) is 26.3 Å². The zero-order valence-electron chi connectivity index (χ0n) is 10.6. The van der Waals surface area contributed by atoms with E-state index >= 15 is 0 Å². The van der Waals surface area contributed by atoms with Gasteiger partial charge in [0, 0.05) is 6.42 Å². The van der Waals surface area contributed by atoms with Crippen LogP contribution in [-0.4, -0.2) is 17.6 Å². The van der Waals surface area contributed by atoms with Crippen molar-refractivity contribution in [3.05, 3.63) is 29.8 Å². The van der Waals surface area contributed by atoms with Gasteiger partial charge in [-0.2, -0.15) is 13.2 Å². The maximum Gasteiger partial charge on any atom is 0.389 e. The Hall–Kier alpha value is -1.52. The van der Waals surface area contributed by atoms with E-state index in [1.54, 1.807) is 31.2 Å². The number of ether oxygens (including phenoxy) is 1. The van der Waals surface area contributed by atoms with Gasteiger partial charge >= 0.3 is 6.18 Å². The Balaban J connectivity index is 2.05. The largest absolute Gasteiger partial charge is 0.486 e. The normalized spacial score (nSPS) is 22.8. The number of hydrogen-bond acceptors (Lipinski definition) is 2. The van der Waals surface area contributed by atoms with Gasteiger partial charge in [-0.05, 0) is 31.9 Å². The van der Waals surface area contributed by atoms with E-state index in [-0.39, 0.29) is 25.0 Å². The Morgan fingerprint density at radius 3 is 2.68 bits per heavy atom.